The van der Waals surface area contributed by atoms with Crippen LogP contribution in [0.15, 0.2) is 199 Å². The third-order valence-electron chi connectivity index (χ3n) is 10.8. The van der Waals surface area contributed by atoms with Crippen molar-refractivity contribution in [1.82, 2.24) is 29.9 Å². The van der Waals surface area contributed by atoms with Crippen LogP contribution in [0, 0.1) is 0 Å². The van der Waals surface area contributed by atoms with Gasteiger partial charge in [-0.3, -0.25) is 0 Å². The number of rotatable bonds is 7. The average Bonchev–Trinajstić information content (AvgIpc) is 3.70. The normalized spacial score (nSPS) is 11.4. The maximum absolute atomic E-state index is 6.36. The van der Waals surface area contributed by atoms with Gasteiger partial charge in [0.25, 0.3) is 0 Å². The molecule has 0 amide bonds. The van der Waals surface area contributed by atoms with Gasteiger partial charge in [-0.1, -0.05) is 176 Å². The molecule has 0 atom stereocenters. The van der Waals surface area contributed by atoms with Crippen LogP contribution in [0.5, 0.6) is 0 Å². The third-order valence-corrected chi connectivity index (χ3v) is 10.8. The zero-order chi connectivity index (χ0) is 39.1. The molecule has 0 fully saturated rings. The van der Waals surface area contributed by atoms with Crippen LogP contribution in [0.3, 0.4) is 0 Å². The highest BCUT2D eigenvalue weighted by Gasteiger charge is 2.18. The summed E-state index contributed by atoms with van der Waals surface area (Å²) in [6, 6.07) is 62.2. The van der Waals surface area contributed by atoms with Gasteiger partial charge in [-0.2, -0.15) is 0 Å². The first kappa shape index (κ1) is 34.1. The van der Waals surface area contributed by atoms with E-state index in [1.165, 1.54) is 0 Å². The molecule has 0 spiro atoms. The van der Waals surface area contributed by atoms with Crippen LogP contribution in [0.2, 0.25) is 0 Å². The fraction of sp³-hybridized carbons (Fsp3) is 0. The lowest BCUT2D eigenvalue weighted by atomic mass is 9.93. The number of hydrogen-bond acceptors (Lipinski definition) is 7. The van der Waals surface area contributed by atoms with Crippen LogP contribution in [-0.2, 0) is 0 Å². The number of pyridine rings is 1. The topological polar surface area (TPSA) is 90.5 Å². The van der Waals surface area contributed by atoms with Gasteiger partial charge in [-0.05, 0) is 44.7 Å². The van der Waals surface area contributed by atoms with Crippen molar-refractivity contribution in [2.75, 3.05) is 0 Å². The second kappa shape index (κ2) is 14.4. The highest BCUT2D eigenvalue weighted by molar-refractivity contribution is 6.09. The molecule has 11 rings (SSSR count). The Balaban J connectivity index is 0.943. The molecule has 0 saturated heterocycles. The van der Waals surface area contributed by atoms with Gasteiger partial charge < -0.3 is 4.42 Å². The van der Waals surface area contributed by atoms with Crippen molar-refractivity contribution in [2.24, 2.45) is 0 Å². The summed E-state index contributed by atoms with van der Waals surface area (Å²) in [4.78, 5) is 28.8. The highest BCUT2D eigenvalue weighted by Crippen LogP contribution is 2.39. The second-order valence-electron chi connectivity index (χ2n) is 14.3. The van der Waals surface area contributed by atoms with E-state index in [4.69, 9.17) is 24.4 Å². The van der Waals surface area contributed by atoms with Crippen molar-refractivity contribution in [3.8, 4) is 78.8 Å². The Labute approximate surface area is 339 Å². The number of furan rings is 1. The highest BCUT2D eigenvalue weighted by atomic mass is 16.3. The van der Waals surface area contributed by atoms with Crippen molar-refractivity contribution >= 4 is 33.0 Å². The van der Waals surface area contributed by atoms with E-state index in [-0.39, 0.29) is 0 Å². The maximum atomic E-state index is 6.36. The largest absolute Gasteiger partial charge is 0.434 e. The molecule has 276 valence electrons. The fourth-order valence-electron chi connectivity index (χ4n) is 7.82. The molecular weight excluding hydrogens is 725 g/mol. The Morgan fingerprint density at radius 2 is 0.814 bits per heavy atom. The standard InChI is InChI=1S/C52H32N6O/c1-4-12-33(13-5-1)34-22-26-36(27-23-34)46-48-47(55-32-54-46)45-30-40(31-53-52(45)59-48)42-19-11-20-43-41(18-10-21-44(42)43)35-24-28-39(29-25-35)51-57-49(37-14-6-2-7-15-37)56-50(58-51)38-16-8-3-9-17-38/h1-32H. The number of hydrogen-bond donors (Lipinski definition) is 0. The second-order valence-corrected chi connectivity index (χ2v) is 14.3. The van der Waals surface area contributed by atoms with Gasteiger partial charge in [-0.25, -0.2) is 29.9 Å². The Bertz CT molecular complexity index is 3240. The van der Waals surface area contributed by atoms with E-state index in [2.05, 4.69) is 113 Å². The molecule has 0 radical (unpaired) electrons. The minimum absolute atomic E-state index is 0.525. The Kier molecular flexibility index (Phi) is 8.33. The van der Waals surface area contributed by atoms with Gasteiger partial charge >= 0.3 is 0 Å². The van der Waals surface area contributed by atoms with Crippen molar-refractivity contribution in [3.63, 3.8) is 0 Å². The molecule has 0 bridgehead atoms. The molecule has 7 heteroatoms. The smallest absolute Gasteiger partial charge is 0.229 e. The molecule has 7 nitrogen and oxygen atoms in total. The molecule has 4 heterocycles. The monoisotopic (exact) mass is 756 g/mol. The summed E-state index contributed by atoms with van der Waals surface area (Å²) in [5.41, 5.74) is 12.9. The summed E-state index contributed by atoms with van der Waals surface area (Å²) in [6.45, 7) is 0. The van der Waals surface area contributed by atoms with Gasteiger partial charge in [-0.15, -0.1) is 0 Å². The van der Waals surface area contributed by atoms with Gasteiger partial charge in [0.05, 0.1) is 5.39 Å². The number of fused-ring (bicyclic) bond motifs is 4. The van der Waals surface area contributed by atoms with Crippen molar-refractivity contribution < 1.29 is 4.42 Å². The predicted molar refractivity (Wildman–Crippen MR) is 236 cm³/mol. The summed E-state index contributed by atoms with van der Waals surface area (Å²) in [7, 11) is 0. The summed E-state index contributed by atoms with van der Waals surface area (Å²) in [6.07, 6.45) is 3.48. The van der Waals surface area contributed by atoms with Gasteiger partial charge in [0.15, 0.2) is 23.1 Å². The van der Waals surface area contributed by atoms with E-state index >= 15 is 0 Å². The van der Waals surface area contributed by atoms with E-state index in [0.717, 1.165) is 83.0 Å². The minimum Gasteiger partial charge on any atom is -0.434 e. The first-order valence-corrected chi connectivity index (χ1v) is 19.4. The Morgan fingerprint density at radius 3 is 1.41 bits per heavy atom. The van der Waals surface area contributed by atoms with Crippen LogP contribution in [0.1, 0.15) is 0 Å². The summed E-state index contributed by atoms with van der Waals surface area (Å²) >= 11 is 0. The Hall–Kier alpha value is -8.16. The van der Waals surface area contributed by atoms with E-state index < -0.39 is 0 Å². The summed E-state index contributed by atoms with van der Waals surface area (Å²) in [5.74, 6) is 1.90. The first-order valence-electron chi connectivity index (χ1n) is 19.4. The maximum Gasteiger partial charge on any atom is 0.229 e. The molecule has 4 aromatic heterocycles. The minimum atomic E-state index is 0.525. The van der Waals surface area contributed by atoms with Crippen molar-refractivity contribution in [2.45, 2.75) is 0 Å². The molecular formula is C52H32N6O. The zero-order valence-electron chi connectivity index (χ0n) is 31.6. The molecule has 0 N–H and O–H groups in total. The number of aromatic nitrogens is 6. The van der Waals surface area contributed by atoms with Crippen molar-refractivity contribution in [3.05, 3.63) is 195 Å². The molecule has 0 unspecified atom stereocenters. The summed E-state index contributed by atoms with van der Waals surface area (Å²) in [5, 5.41) is 3.10. The lowest BCUT2D eigenvalue weighted by Crippen LogP contribution is -2.00. The SMILES string of the molecule is c1ccc(-c2ccc(-c3ncnc4c3oc3ncc(-c5cccc6c(-c7ccc(-c8nc(-c9ccccc9)nc(-c9ccccc9)n8)cc7)cccc56)cc34)cc2)cc1. The van der Waals surface area contributed by atoms with Crippen LogP contribution in [0.4, 0.5) is 0 Å². The number of nitrogens with zero attached hydrogens (tertiary/aromatic N) is 6. The van der Waals surface area contributed by atoms with Crippen LogP contribution < -0.4 is 0 Å². The van der Waals surface area contributed by atoms with E-state index in [1.54, 1.807) is 6.33 Å². The zero-order valence-corrected chi connectivity index (χ0v) is 31.6. The molecule has 11 aromatic rings. The first-order chi connectivity index (χ1) is 29.2. The molecule has 0 aliphatic heterocycles. The molecule has 0 aliphatic rings. The van der Waals surface area contributed by atoms with Crippen LogP contribution in [-0.4, -0.2) is 29.9 Å². The predicted octanol–water partition coefficient (Wildman–Crippen LogP) is 12.8. The van der Waals surface area contributed by atoms with Gasteiger partial charge in [0, 0.05) is 34.0 Å². The molecule has 0 saturated carbocycles. The van der Waals surface area contributed by atoms with Gasteiger partial charge in [0.2, 0.25) is 5.71 Å². The van der Waals surface area contributed by atoms with E-state index in [1.807, 2.05) is 85.1 Å². The lowest BCUT2D eigenvalue weighted by Gasteiger charge is -2.12. The summed E-state index contributed by atoms with van der Waals surface area (Å²) < 4.78 is 6.36. The molecule has 59 heavy (non-hydrogen) atoms. The van der Waals surface area contributed by atoms with Gasteiger partial charge in [0.1, 0.15) is 17.5 Å². The lowest BCUT2D eigenvalue weighted by molar-refractivity contribution is 0.652. The fourth-order valence-corrected chi connectivity index (χ4v) is 7.82. The van der Waals surface area contributed by atoms with E-state index in [9.17, 15) is 0 Å². The van der Waals surface area contributed by atoms with Crippen molar-refractivity contribution in [1.29, 1.82) is 0 Å². The Morgan fingerprint density at radius 1 is 0.339 bits per heavy atom. The average molecular weight is 757 g/mol. The molecule has 0 aliphatic carbocycles. The quantitative estimate of drug-likeness (QED) is 0.160. The third kappa shape index (κ3) is 6.27. The number of benzene rings is 7. The molecule has 7 aromatic carbocycles. The van der Waals surface area contributed by atoms with Crippen LogP contribution in [0.25, 0.3) is 112 Å². The van der Waals surface area contributed by atoms with E-state index in [0.29, 0.717) is 28.8 Å². The van der Waals surface area contributed by atoms with Crippen LogP contribution >= 0.6 is 0 Å².